The standard InChI is InChI=1S/C10H14N6S/c1-7-4-9(15-10(14-7)16-11)12-3-2-8-5-17-6-13-8/h4-6H,2-3,11H2,1H3,(H2,12,14,15,16). The molecule has 0 amide bonds. The van der Waals surface area contributed by atoms with E-state index in [1.54, 1.807) is 11.3 Å². The van der Waals surface area contributed by atoms with Crippen LogP contribution in [0.3, 0.4) is 0 Å². The summed E-state index contributed by atoms with van der Waals surface area (Å²) in [5.74, 6) is 6.46. The van der Waals surface area contributed by atoms with Gasteiger partial charge in [-0.3, -0.25) is 5.43 Å². The quantitative estimate of drug-likeness (QED) is 0.545. The monoisotopic (exact) mass is 250 g/mol. The number of hydrazine groups is 1. The van der Waals surface area contributed by atoms with Crippen molar-refractivity contribution in [2.24, 2.45) is 5.84 Å². The second-order valence-corrected chi connectivity index (χ2v) is 4.24. The van der Waals surface area contributed by atoms with Crippen molar-refractivity contribution >= 4 is 23.1 Å². The Bertz CT molecular complexity index is 470. The number of aromatic nitrogens is 3. The molecule has 0 aliphatic carbocycles. The first-order valence-corrected chi connectivity index (χ1v) is 6.15. The molecule has 2 aromatic rings. The number of hydrogen-bond donors (Lipinski definition) is 3. The molecular weight excluding hydrogens is 236 g/mol. The Morgan fingerprint density at radius 2 is 2.29 bits per heavy atom. The summed E-state index contributed by atoms with van der Waals surface area (Å²) in [6.07, 6.45) is 0.873. The van der Waals surface area contributed by atoms with Crippen LogP contribution in [0.1, 0.15) is 11.4 Å². The van der Waals surface area contributed by atoms with Gasteiger partial charge in [-0.15, -0.1) is 11.3 Å². The Morgan fingerprint density at radius 3 is 3.00 bits per heavy atom. The molecule has 0 radical (unpaired) electrons. The van der Waals surface area contributed by atoms with Gasteiger partial charge in [-0.1, -0.05) is 0 Å². The molecule has 17 heavy (non-hydrogen) atoms. The van der Waals surface area contributed by atoms with E-state index >= 15 is 0 Å². The van der Waals surface area contributed by atoms with Crippen molar-refractivity contribution in [1.29, 1.82) is 0 Å². The number of nitrogens with one attached hydrogen (secondary N) is 2. The molecular formula is C10H14N6S. The highest BCUT2D eigenvalue weighted by molar-refractivity contribution is 7.07. The van der Waals surface area contributed by atoms with Gasteiger partial charge in [0, 0.05) is 30.1 Å². The number of thiazole rings is 1. The van der Waals surface area contributed by atoms with Crippen LogP contribution in [0.25, 0.3) is 0 Å². The number of nitrogen functional groups attached to an aromatic ring is 1. The van der Waals surface area contributed by atoms with E-state index in [0.29, 0.717) is 5.95 Å². The third kappa shape index (κ3) is 3.36. The van der Waals surface area contributed by atoms with Gasteiger partial charge in [0.1, 0.15) is 5.82 Å². The number of rotatable bonds is 5. The van der Waals surface area contributed by atoms with Crippen molar-refractivity contribution < 1.29 is 0 Å². The fourth-order valence-electron chi connectivity index (χ4n) is 1.40. The molecule has 0 atom stereocenters. The highest BCUT2D eigenvalue weighted by Gasteiger charge is 2.01. The van der Waals surface area contributed by atoms with E-state index in [2.05, 4.69) is 25.7 Å². The molecule has 0 aliphatic rings. The number of aryl methyl sites for hydroxylation is 1. The van der Waals surface area contributed by atoms with Crippen LogP contribution in [0.15, 0.2) is 17.0 Å². The predicted octanol–water partition coefficient (Wildman–Crippen LogP) is 1.18. The number of anilines is 2. The zero-order chi connectivity index (χ0) is 12.1. The summed E-state index contributed by atoms with van der Waals surface area (Å²) in [6, 6.07) is 1.88. The lowest BCUT2D eigenvalue weighted by Crippen LogP contribution is -2.13. The van der Waals surface area contributed by atoms with Crippen LogP contribution in [-0.4, -0.2) is 21.5 Å². The number of hydrogen-bond acceptors (Lipinski definition) is 7. The van der Waals surface area contributed by atoms with Gasteiger partial charge >= 0.3 is 0 Å². The summed E-state index contributed by atoms with van der Waals surface area (Å²) >= 11 is 1.60. The van der Waals surface area contributed by atoms with E-state index in [4.69, 9.17) is 5.84 Å². The summed E-state index contributed by atoms with van der Waals surface area (Å²) in [7, 11) is 0. The Labute approximate surface area is 103 Å². The van der Waals surface area contributed by atoms with E-state index in [9.17, 15) is 0 Å². The second kappa shape index (κ2) is 5.55. The molecule has 0 unspecified atom stereocenters. The molecule has 2 aromatic heterocycles. The van der Waals surface area contributed by atoms with E-state index < -0.39 is 0 Å². The minimum absolute atomic E-state index is 0.418. The van der Waals surface area contributed by atoms with Crippen molar-refractivity contribution in [3.8, 4) is 0 Å². The van der Waals surface area contributed by atoms with Crippen LogP contribution >= 0.6 is 11.3 Å². The second-order valence-electron chi connectivity index (χ2n) is 3.52. The Hall–Kier alpha value is -1.73. The fourth-order valence-corrected chi connectivity index (χ4v) is 2.00. The molecule has 7 heteroatoms. The van der Waals surface area contributed by atoms with Crippen molar-refractivity contribution in [2.45, 2.75) is 13.3 Å². The minimum Gasteiger partial charge on any atom is -0.370 e. The molecule has 4 N–H and O–H groups in total. The molecule has 0 aliphatic heterocycles. The zero-order valence-corrected chi connectivity index (χ0v) is 10.3. The molecule has 0 bridgehead atoms. The average Bonchev–Trinajstić information content (AvgIpc) is 2.81. The lowest BCUT2D eigenvalue weighted by Gasteiger charge is -2.07. The lowest BCUT2D eigenvalue weighted by molar-refractivity contribution is 0.960. The van der Waals surface area contributed by atoms with Crippen molar-refractivity contribution in [3.05, 3.63) is 28.3 Å². The van der Waals surface area contributed by atoms with Crippen LogP contribution in [0.5, 0.6) is 0 Å². The molecule has 0 saturated carbocycles. The maximum atomic E-state index is 5.28. The van der Waals surface area contributed by atoms with Crippen LogP contribution in [0.2, 0.25) is 0 Å². The molecule has 0 fully saturated rings. The molecule has 0 aromatic carbocycles. The maximum absolute atomic E-state index is 5.28. The molecule has 0 spiro atoms. The van der Waals surface area contributed by atoms with Gasteiger partial charge in [-0.2, -0.15) is 4.98 Å². The highest BCUT2D eigenvalue weighted by atomic mass is 32.1. The molecule has 0 saturated heterocycles. The third-order valence-corrected chi connectivity index (χ3v) is 2.79. The van der Waals surface area contributed by atoms with Crippen molar-refractivity contribution in [3.63, 3.8) is 0 Å². The summed E-state index contributed by atoms with van der Waals surface area (Å²) in [5.41, 5.74) is 6.23. The first-order valence-electron chi connectivity index (χ1n) is 5.21. The summed E-state index contributed by atoms with van der Waals surface area (Å²) in [4.78, 5) is 12.5. The Balaban J connectivity index is 1.92. The average molecular weight is 250 g/mol. The Kier molecular flexibility index (Phi) is 3.84. The molecule has 6 nitrogen and oxygen atoms in total. The smallest absolute Gasteiger partial charge is 0.239 e. The largest absolute Gasteiger partial charge is 0.370 e. The number of nitrogens with two attached hydrogens (primary N) is 1. The minimum atomic E-state index is 0.418. The first-order chi connectivity index (χ1) is 8.28. The van der Waals surface area contributed by atoms with Crippen LogP contribution in [0, 0.1) is 6.92 Å². The summed E-state index contributed by atoms with van der Waals surface area (Å²) < 4.78 is 0. The van der Waals surface area contributed by atoms with Gasteiger partial charge in [-0.05, 0) is 6.92 Å². The zero-order valence-electron chi connectivity index (χ0n) is 9.47. The fraction of sp³-hybridized carbons (Fsp3) is 0.300. The summed E-state index contributed by atoms with van der Waals surface area (Å²) in [5, 5.41) is 5.26. The summed E-state index contributed by atoms with van der Waals surface area (Å²) in [6.45, 7) is 2.68. The van der Waals surface area contributed by atoms with Gasteiger partial charge in [0.25, 0.3) is 0 Å². The van der Waals surface area contributed by atoms with Crippen LogP contribution in [-0.2, 0) is 6.42 Å². The normalized spacial score (nSPS) is 10.2. The topological polar surface area (TPSA) is 88.8 Å². The Morgan fingerprint density at radius 1 is 1.41 bits per heavy atom. The van der Waals surface area contributed by atoms with E-state index in [1.165, 1.54) is 0 Å². The van der Waals surface area contributed by atoms with Gasteiger partial charge in [0.05, 0.1) is 11.2 Å². The SMILES string of the molecule is Cc1cc(NCCc2cscn2)nc(NN)n1. The van der Waals surface area contributed by atoms with E-state index in [0.717, 1.165) is 30.2 Å². The lowest BCUT2D eigenvalue weighted by atomic mass is 10.3. The van der Waals surface area contributed by atoms with Gasteiger partial charge in [0.2, 0.25) is 5.95 Å². The molecule has 90 valence electrons. The van der Waals surface area contributed by atoms with Crippen molar-refractivity contribution in [2.75, 3.05) is 17.3 Å². The number of nitrogens with zero attached hydrogens (tertiary/aromatic N) is 3. The third-order valence-electron chi connectivity index (χ3n) is 2.15. The molecule has 2 rings (SSSR count). The van der Waals surface area contributed by atoms with E-state index in [-0.39, 0.29) is 0 Å². The molecule has 2 heterocycles. The maximum Gasteiger partial charge on any atom is 0.239 e. The van der Waals surface area contributed by atoms with Gasteiger partial charge in [0.15, 0.2) is 0 Å². The first kappa shape index (κ1) is 11.7. The van der Waals surface area contributed by atoms with Gasteiger partial charge < -0.3 is 5.32 Å². The van der Waals surface area contributed by atoms with E-state index in [1.807, 2.05) is 23.9 Å². The van der Waals surface area contributed by atoms with Gasteiger partial charge in [-0.25, -0.2) is 15.8 Å². The van der Waals surface area contributed by atoms with Crippen LogP contribution < -0.4 is 16.6 Å². The highest BCUT2D eigenvalue weighted by Crippen LogP contribution is 2.09. The predicted molar refractivity (Wildman–Crippen MR) is 68.9 cm³/mol. The van der Waals surface area contributed by atoms with Crippen LogP contribution in [0.4, 0.5) is 11.8 Å². The van der Waals surface area contributed by atoms with Crippen molar-refractivity contribution in [1.82, 2.24) is 15.0 Å².